The smallest absolute Gasteiger partial charge is 0.329 e. The third-order valence-corrected chi connectivity index (χ3v) is 6.59. The van der Waals surface area contributed by atoms with Gasteiger partial charge in [0.05, 0.1) is 41.8 Å². The summed E-state index contributed by atoms with van der Waals surface area (Å²) in [6.07, 6.45) is 1.17. The standard InChI is InChI=1S/C25H30Cl2N2O5/c1-28(24(30)14-18-7-8-21(26)22(27)13-18)23(19-5-3-2-4-6-19)16-29-10-9-20(15-29)34-12-11-33-17-25(31)32/h2-8,13,20,23H,9-12,14-17H2,1H3,(H,31,32)/t20-,23+/m0/s1. The molecule has 1 N–H and O–H groups in total. The molecule has 7 nitrogen and oxygen atoms in total. The van der Waals surface area contributed by atoms with Crippen molar-refractivity contribution >= 4 is 35.1 Å². The van der Waals surface area contributed by atoms with E-state index in [1.807, 2.05) is 43.4 Å². The number of carbonyl (C=O) groups excluding carboxylic acids is 1. The summed E-state index contributed by atoms with van der Waals surface area (Å²) in [4.78, 5) is 27.8. The van der Waals surface area contributed by atoms with Gasteiger partial charge in [0, 0.05) is 26.7 Å². The van der Waals surface area contributed by atoms with Crippen LogP contribution >= 0.6 is 23.2 Å². The van der Waals surface area contributed by atoms with Crippen molar-refractivity contribution in [2.24, 2.45) is 0 Å². The second-order valence-corrected chi connectivity index (χ2v) is 9.16. The molecule has 0 bridgehead atoms. The lowest BCUT2D eigenvalue weighted by Gasteiger charge is -2.32. The van der Waals surface area contributed by atoms with E-state index in [2.05, 4.69) is 4.90 Å². The van der Waals surface area contributed by atoms with Gasteiger partial charge in [0.2, 0.25) is 5.91 Å². The molecular weight excluding hydrogens is 479 g/mol. The van der Waals surface area contributed by atoms with Crippen LogP contribution < -0.4 is 0 Å². The van der Waals surface area contributed by atoms with E-state index in [-0.39, 0.29) is 37.7 Å². The highest BCUT2D eigenvalue weighted by atomic mass is 35.5. The lowest BCUT2D eigenvalue weighted by Crippen LogP contribution is -2.39. The first-order chi connectivity index (χ1) is 16.3. The molecule has 2 atom stereocenters. The van der Waals surface area contributed by atoms with Gasteiger partial charge >= 0.3 is 5.97 Å². The summed E-state index contributed by atoms with van der Waals surface area (Å²) in [7, 11) is 1.83. The Hall–Kier alpha value is -2.16. The Morgan fingerprint density at radius 1 is 1.15 bits per heavy atom. The number of amides is 1. The number of nitrogens with zero attached hydrogens (tertiary/aromatic N) is 2. The fourth-order valence-corrected chi connectivity index (χ4v) is 4.35. The molecule has 34 heavy (non-hydrogen) atoms. The normalized spacial score (nSPS) is 17.0. The Kier molecular flexibility index (Phi) is 10.2. The van der Waals surface area contributed by atoms with Gasteiger partial charge in [-0.25, -0.2) is 4.79 Å². The van der Waals surface area contributed by atoms with Crippen LogP contribution in [0.1, 0.15) is 23.6 Å². The van der Waals surface area contributed by atoms with Crippen LogP contribution in [0.3, 0.4) is 0 Å². The van der Waals surface area contributed by atoms with Crippen molar-refractivity contribution in [2.75, 3.05) is 46.5 Å². The van der Waals surface area contributed by atoms with Crippen molar-refractivity contribution in [1.29, 1.82) is 0 Å². The molecule has 2 aromatic rings. The zero-order chi connectivity index (χ0) is 24.5. The lowest BCUT2D eigenvalue weighted by atomic mass is 10.0. The average molecular weight is 509 g/mol. The zero-order valence-corrected chi connectivity index (χ0v) is 20.7. The topological polar surface area (TPSA) is 79.3 Å². The number of likely N-dealkylation sites (tertiary alicyclic amines) is 1. The Balaban J connectivity index is 1.59. The van der Waals surface area contributed by atoms with Crippen LogP contribution in [0.4, 0.5) is 0 Å². The van der Waals surface area contributed by atoms with Gasteiger partial charge in [0.1, 0.15) is 6.61 Å². The summed E-state index contributed by atoms with van der Waals surface area (Å²) in [5.74, 6) is -0.994. The molecule has 0 aromatic heterocycles. The van der Waals surface area contributed by atoms with E-state index in [4.69, 9.17) is 37.8 Å². The maximum absolute atomic E-state index is 13.2. The van der Waals surface area contributed by atoms with Crippen LogP contribution in [0.2, 0.25) is 10.0 Å². The van der Waals surface area contributed by atoms with Gasteiger partial charge in [-0.1, -0.05) is 59.6 Å². The first-order valence-electron chi connectivity index (χ1n) is 11.2. The van der Waals surface area contributed by atoms with E-state index < -0.39 is 5.97 Å². The Morgan fingerprint density at radius 3 is 2.62 bits per heavy atom. The molecule has 1 saturated heterocycles. The van der Waals surface area contributed by atoms with Crippen LogP contribution in [0.25, 0.3) is 0 Å². The molecular formula is C25H30Cl2N2O5. The molecule has 1 heterocycles. The SMILES string of the molecule is CN(C(=O)Cc1ccc(Cl)c(Cl)c1)[C@H](CN1CC[C@H](OCCOCC(=O)O)C1)c1ccccc1. The van der Waals surface area contributed by atoms with Crippen molar-refractivity contribution in [3.8, 4) is 0 Å². The largest absolute Gasteiger partial charge is 0.480 e. The number of carbonyl (C=O) groups is 2. The molecule has 0 saturated carbocycles. The third kappa shape index (κ3) is 7.96. The maximum atomic E-state index is 13.2. The Morgan fingerprint density at radius 2 is 1.91 bits per heavy atom. The minimum absolute atomic E-state index is 0.00480. The van der Waals surface area contributed by atoms with Crippen molar-refractivity contribution in [2.45, 2.75) is 25.0 Å². The molecule has 0 unspecified atom stereocenters. The summed E-state index contributed by atoms with van der Waals surface area (Å²) in [5, 5.41) is 9.52. The number of benzene rings is 2. The van der Waals surface area contributed by atoms with E-state index in [1.165, 1.54) is 0 Å². The third-order valence-electron chi connectivity index (χ3n) is 5.85. The molecule has 0 radical (unpaired) electrons. The van der Waals surface area contributed by atoms with E-state index in [1.54, 1.807) is 17.0 Å². The highest BCUT2D eigenvalue weighted by Gasteiger charge is 2.29. The summed E-state index contributed by atoms with van der Waals surface area (Å²) >= 11 is 12.1. The molecule has 1 amide bonds. The molecule has 184 valence electrons. The molecule has 1 aliphatic rings. The second-order valence-electron chi connectivity index (χ2n) is 8.34. The average Bonchev–Trinajstić information content (AvgIpc) is 3.27. The first kappa shape index (κ1) is 26.4. The quantitative estimate of drug-likeness (QED) is 0.437. The van der Waals surface area contributed by atoms with Gasteiger partial charge in [-0.05, 0) is 29.7 Å². The fourth-order valence-electron chi connectivity index (χ4n) is 4.03. The molecule has 2 aromatic carbocycles. The second kappa shape index (κ2) is 13.1. The number of rotatable bonds is 12. The number of carboxylic acids is 1. The van der Waals surface area contributed by atoms with Gasteiger partial charge in [0.15, 0.2) is 0 Å². The van der Waals surface area contributed by atoms with E-state index >= 15 is 0 Å². The number of hydrogen-bond acceptors (Lipinski definition) is 5. The van der Waals surface area contributed by atoms with Gasteiger partial charge in [-0.3, -0.25) is 9.69 Å². The minimum atomic E-state index is -0.989. The maximum Gasteiger partial charge on any atom is 0.329 e. The Bertz CT molecular complexity index is 960. The molecule has 3 rings (SSSR count). The monoisotopic (exact) mass is 508 g/mol. The number of ether oxygens (including phenoxy) is 2. The van der Waals surface area contributed by atoms with Gasteiger partial charge in [-0.2, -0.15) is 0 Å². The molecule has 0 aliphatic carbocycles. The van der Waals surface area contributed by atoms with Crippen molar-refractivity contribution in [3.63, 3.8) is 0 Å². The van der Waals surface area contributed by atoms with Gasteiger partial charge in [-0.15, -0.1) is 0 Å². The minimum Gasteiger partial charge on any atom is -0.480 e. The number of likely N-dealkylation sites (N-methyl/N-ethyl adjacent to an activating group) is 1. The number of carboxylic acid groups (broad SMARTS) is 1. The summed E-state index contributed by atoms with van der Waals surface area (Å²) in [5.41, 5.74) is 1.89. The van der Waals surface area contributed by atoms with Gasteiger partial charge < -0.3 is 19.5 Å². The summed E-state index contributed by atoms with van der Waals surface area (Å²) in [6.45, 7) is 2.58. The predicted octanol–water partition coefficient (Wildman–Crippen LogP) is 3.93. The fraction of sp³-hybridized carbons (Fsp3) is 0.440. The summed E-state index contributed by atoms with van der Waals surface area (Å²) in [6, 6.07) is 15.1. The Labute approximate surface area is 210 Å². The molecule has 1 aliphatic heterocycles. The van der Waals surface area contributed by atoms with Crippen LogP contribution in [-0.2, 0) is 25.5 Å². The summed E-state index contributed by atoms with van der Waals surface area (Å²) < 4.78 is 10.9. The highest BCUT2D eigenvalue weighted by Crippen LogP contribution is 2.26. The number of halogens is 2. The van der Waals surface area contributed by atoms with Crippen LogP contribution in [0.15, 0.2) is 48.5 Å². The van der Waals surface area contributed by atoms with Crippen LogP contribution in [-0.4, -0.2) is 79.4 Å². The van der Waals surface area contributed by atoms with E-state index in [0.29, 0.717) is 23.2 Å². The zero-order valence-electron chi connectivity index (χ0n) is 19.2. The number of aliphatic carboxylic acids is 1. The van der Waals surface area contributed by atoms with E-state index in [0.717, 1.165) is 30.6 Å². The molecule has 9 heteroatoms. The van der Waals surface area contributed by atoms with Gasteiger partial charge in [0.25, 0.3) is 0 Å². The van der Waals surface area contributed by atoms with Crippen LogP contribution in [0.5, 0.6) is 0 Å². The van der Waals surface area contributed by atoms with Crippen molar-refractivity contribution < 1.29 is 24.2 Å². The van der Waals surface area contributed by atoms with Crippen molar-refractivity contribution in [3.05, 3.63) is 69.7 Å². The number of hydrogen-bond donors (Lipinski definition) is 1. The first-order valence-corrected chi connectivity index (χ1v) is 12.0. The van der Waals surface area contributed by atoms with E-state index in [9.17, 15) is 9.59 Å². The molecule has 1 fully saturated rings. The predicted molar refractivity (Wildman–Crippen MR) is 131 cm³/mol. The van der Waals surface area contributed by atoms with Crippen LogP contribution in [0, 0.1) is 0 Å². The highest BCUT2D eigenvalue weighted by molar-refractivity contribution is 6.42. The molecule has 0 spiro atoms. The van der Waals surface area contributed by atoms with Crippen molar-refractivity contribution in [1.82, 2.24) is 9.80 Å². The lowest BCUT2D eigenvalue weighted by molar-refractivity contribution is -0.142.